The second kappa shape index (κ2) is 7.47. The molecule has 0 radical (unpaired) electrons. The first-order valence-corrected chi connectivity index (χ1v) is 9.18. The van der Waals surface area contributed by atoms with E-state index >= 15 is 0 Å². The first-order valence-electron chi connectivity index (χ1n) is 7.21. The number of thioether (sulfide) groups is 1. The lowest BCUT2D eigenvalue weighted by atomic mass is 10.2. The molecule has 1 amide bonds. The molecule has 0 bridgehead atoms. The van der Waals surface area contributed by atoms with Gasteiger partial charge in [-0.3, -0.25) is 4.79 Å². The van der Waals surface area contributed by atoms with Crippen LogP contribution >= 0.6 is 23.1 Å². The summed E-state index contributed by atoms with van der Waals surface area (Å²) >= 11 is 3.38. The van der Waals surface area contributed by atoms with Crippen molar-refractivity contribution in [3.8, 4) is 0 Å². The summed E-state index contributed by atoms with van der Waals surface area (Å²) in [5, 5.41) is 4.13. The van der Waals surface area contributed by atoms with Crippen molar-refractivity contribution < 1.29 is 4.79 Å². The predicted molar refractivity (Wildman–Crippen MR) is 96.8 cm³/mol. The van der Waals surface area contributed by atoms with Gasteiger partial charge >= 0.3 is 0 Å². The minimum absolute atomic E-state index is 0.0292. The number of benzene rings is 2. The molecule has 4 heteroatoms. The summed E-state index contributed by atoms with van der Waals surface area (Å²) in [5.41, 5.74) is 1.32. The van der Waals surface area contributed by atoms with Crippen LogP contribution in [0.2, 0.25) is 0 Å². The predicted octanol–water partition coefficient (Wildman–Crippen LogP) is 4.56. The van der Waals surface area contributed by atoms with E-state index in [0.29, 0.717) is 6.54 Å². The third kappa shape index (κ3) is 3.90. The number of thiophene rings is 1. The Bertz CT molecular complexity index is 719. The van der Waals surface area contributed by atoms with Crippen LogP contribution in [0, 0.1) is 0 Å². The first-order chi connectivity index (χ1) is 10.8. The second-order valence-electron chi connectivity index (χ2n) is 4.94. The topological polar surface area (TPSA) is 29.1 Å². The molecule has 1 N–H and O–H groups in total. The number of rotatable bonds is 6. The average molecular weight is 327 g/mol. The number of fused-ring (bicyclic) bond motifs is 1. The van der Waals surface area contributed by atoms with Gasteiger partial charge in [-0.1, -0.05) is 48.5 Å². The van der Waals surface area contributed by atoms with E-state index in [1.54, 1.807) is 11.3 Å². The molecule has 0 atom stereocenters. The van der Waals surface area contributed by atoms with Gasteiger partial charge in [-0.05, 0) is 23.1 Å². The van der Waals surface area contributed by atoms with Gasteiger partial charge in [-0.25, -0.2) is 0 Å². The maximum atomic E-state index is 12.1. The summed E-state index contributed by atoms with van der Waals surface area (Å²) in [5.74, 6) is 1.94. The molecule has 112 valence electrons. The van der Waals surface area contributed by atoms with Crippen LogP contribution in [0.15, 0.2) is 60.7 Å². The van der Waals surface area contributed by atoms with Gasteiger partial charge in [0.2, 0.25) is 0 Å². The minimum Gasteiger partial charge on any atom is -0.351 e. The molecule has 2 nitrogen and oxygen atoms in total. The number of hydrogen-bond donors (Lipinski definition) is 1. The smallest absolute Gasteiger partial charge is 0.261 e. The third-order valence-electron chi connectivity index (χ3n) is 3.29. The normalized spacial score (nSPS) is 10.7. The van der Waals surface area contributed by atoms with E-state index in [1.807, 2.05) is 48.2 Å². The molecule has 1 heterocycles. The van der Waals surface area contributed by atoms with Gasteiger partial charge in [0.05, 0.1) is 4.88 Å². The van der Waals surface area contributed by atoms with E-state index in [4.69, 9.17) is 0 Å². The lowest BCUT2D eigenvalue weighted by Crippen LogP contribution is -2.24. The summed E-state index contributed by atoms with van der Waals surface area (Å²) in [7, 11) is 0. The van der Waals surface area contributed by atoms with E-state index < -0.39 is 0 Å². The Morgan fingerprint density at radius 3 is 2.64 bits per heavy atom. The molecular formula is C18H17NOS2. The monoisotopic (exact) mass is 327 g/mol. The van der Waals surface area contributed by atoms with E-state index in [1.165, 1.54) is 5.56 Å². The van der Waals surface area contributed by atoms with Crippen molar-refractivity contribution in [3.63, 3.8) is 0 Å². The fourth-order valence-corrected chi connectivity index (χ4v) is 3.98. The summed E-state index contributed by atoms with van der Waals surface area (Å²) in [4.78, 5) is 12.9. The van der Waals surface area contributed by atoms with E-state index in [0.717, 1.165) is 26.5 Å². The fraction of sp³-hybridized carbons (Fsp3) is 0.167. The Morgan fingerprint density at radius 2 is 1.82 bits per heavy atom. The molecule has 0 saturated carbocycles. The SMILES string of the molecule is O=C(NCCSCc1ccccc1)c1cc2ccccc2s1. The van der Waals surface area contributed by atoms with E-state index in [2.05, 4.69) is 29.6 Å². The molecule has 0 fully saturated rings. The largest absolute Gasteiger partial charge is 0.351 e. The van der Waals surface area contributed by atoms with Crippen LogP contribution in [0.1, 0.15) is 15.2 Å². The molecule has 22 heavy (non-hydrogen) atoms. The van der Waals surface area contributed by atoms with Gasteiger partial charge in [0.25, 0.3) is 5.91 Å². The Labute approximate surface area is 138 Å². The van der Waals surface area contributed by atoms with Crippen molar-refractivity contribution in [2.45, 2.75) is 5.75 Å². The van der Waals surface area contributed by atoms with Crippen LogP contribution < -0.4 is 5.32 Å². The van der Waals surface area contributed by atoms with Gasteiger partial charge in [0.1, 0.15) is 0 Å². The van der Waals surface area contributed by atoms with Gasteiger partial charge in [-0.2, -0.15) is 11.8 Å². The Hall–Kier alpha value is -1.78. The maximum Gasteiger partial charge on any atom is 0.261 e. The highest BCUT2D eigenvalue weighted by Gasteiger charge is 2.09. The maximum absolute atomic E-state index is 12.1. The molecule has 3 aromatic rings. The third-order valence-corrected chi connectivity index (χ3v) is 5.44. The van der Waals surface area contributed by atoms with E-state index in [9.17, 15) is 4.79 Å². The van der Waals surface area contributed by atoms with Crippen molar-refractivity contribution in [1.29, 1.82) is 0 Å². The van der Waals surface area contributed by atoms with Crippen LogP contribution in [0.5, 0.6) is 0 Å². The zero-order chi connectivity index (χ0) is 15.2. The standard InChI is InChI=1S/C18H17NOS2/c20-18(17-12-15-8-4-5-9-16(15)22-17)19-10-11-21-13-14-6-2-1-3-7-14/h1-9,12H,10-11,13H2,(H,19,20). The number of nitrogens with one attached hydrogen (secondary N) is 1. The zero-order valence-corrected chi connectivity index (χ0v) is 13.8. The highest BCUT2D eigenvalue weighted by molar-refractivity contribution is 7.98. The Balaban J connectivity index is 1.44. The van der Waals surface area contributed by atoms with Crippen LogP contribution in [0.4, 0.5) is 0 Å². The van der Waals surface area contributed by atoms with Gasteiger partial charge < -0.3 is 5.32 Å². The molecule has 0 aliphatic rings. The van der Waals surface area contributed by atoms with Crippen LogP contribution in [-0.2, 0) is 5.75 Å². The molecule has 3 rings (SSSR count). The summed E-state index contributed by atoms with van der Waals surface area (Å²) in [6, 6.07) is 20.4. The van der Waals surface area contributed by atoms with Crippen molar-refractivity contribution in [2.75, 3.05) is 12.3 Å². The Morgan fingerprint density at radius 1 is 1.05 bits per heavy atom. The van der Waals surface area contributed by atoms with Crippen molar-refractivity contribution >= 4 is 39.1 Å². The van der Waals surface area contributed by atoms with Gasteiger partial charge in [-0.15, -0.1) is 11.3 Å². The number of amides is 1. The zero-order valence-electron chi connectivity index (χ0n) is 12.1. The van der Waals surface area contributed by atoms with Gasteiger partial charge in [0, 0.05) is 22.8 Å². The number of carbonyl (C=O) groups excluding carboxylic acids is 1. The lowest BCUT2D eigenvalue weighted by molar-refractivity contribution is 0.0960. The highest BCUT2D eigenvalue weighted by Crippen LogP contribution is 2.25. The first kappa shape index (κ1) is 15.1. The molecule has 0 unspecified atom stereocenters. The van der Waals surface area contributed by atoms with Crippen molar-refractivity contribution in [1.82, 2.24) is 5.32 Å². The van der Waals surface area contributed by atoms with E-state index in [-0.39, 0.29) is 5.91 Å². The summed E-state index contributed by atoms with van der Waals surface area (Å²) in [6.45, 7) is 0.699. The molecule has 0 aliphatic heterocycles. The molecule has 0 aliphatic carbocycles. The van der Waals surface area contributed by atoms with Gasteiger partial charge in [0.15, 0.2) is 0 Å². The van der Waals surface area contributed by atoms with Crippen LogP contribution in [0.25, 0.3) is 10.1 Å². The minimum atomic E-state index is 0.0292. The van der Waals surface area contributed by atoms with Crippen molar-refractivity contribution in [2.24, 2.45) is 0 Å². The van der Waals surface area contributed by atoms with Crippen molar-refractivity contribution in [3.05, 3.63) is 71.1 Å². The Kier molecular flexibility index (Phi) is 5.14. The lowest BCUT2D eigenvalue weighted by Gasteiger charge is -2.04. The van der Waals surface area contributed by atoms with Crippen LogP contribution in [-0.4, -0.2) is 18.2 Å². The summed E-state index contributed by atoms with van der Waals surface area (Å²) in [6.07, 6.45) is 0. The summed E-state index contributed by atoms with van der Waals surface area (Å²) < 4.78 is 1.16. The average Bonchev–Trinajstić information content (AvgIpc) is 2.99. The molecular weight excluding hydrogens is 310 g/mol. The number of carbonyl (C=O) groups is 1. The van der Waals surface area contributed by atoms with Crippen LogP contribution in [0.3, 0.4) is 0 Å². The molecule has 0 saturated heterocycles. The fourth-order valence-electron chi connectivity index (χ4n) is 2.18. The highest BCUT2D eigenvalue weighted by atomic mass is 32.2. The number of hydrogen-bond acceptors (Lipinski definition) is 3. The molecule has 0 spiro atoms. The second-order valence-corrected chi connectivity index (χ2v) is 7.13. The quantitative estimate of drug-likeness (QED) is 0.672. The molecule has 2 aromatic carbocycles. The molecule has 1 aromatic heterocycles.